The Morgan fingerprint density at radius 3 is 2.50 bits per heavy atom. The average Bonchev–Trinajstić information content (AvgIpc) is 3.30. The molecular weight excluding hydrogens is 541 g/mol. The molecular formula is C24H27Cl2N5O3S2. The van der Waals surface area contributed by atoms with Crippen molar-refractivity contribution in [2.75, 3.05) is 30.2 Å². The van der Waals surface area contributed by atoms with Gasteiger partial charge in [0.2, 0.25) is 5.91 Å². The number of amides is 2. The fourth-order valence-electron chi connectivity index (χ4n) is 3.35. The maximum atomic E-state index is 12.9. The van der Waals surface area contributed by atoms with Gasteiger partial charge < -0.3 is 19.9 Å². The SMILES string of the molecule is CCn1c(SCC(=O)Nc2ccc(Cl)c(Cl)c2)nnc1[C@@H](CCSC)NC(=O)c1ccc(OC)cc1. The molecule has 0 fully saturated rings. The van der Waals surface area contributed by atoms with Gasteiger partial charge in [-0.2, -0.15) is 11.8 Å². The summed E-state index contributed by atoms with van der Waals surface area (Å²) in [5, 5.41) is 16.0. The smallest absolute Gasteiger partial charge is 0.251 e. The van der Waals surface area contributed by atoms with Crippen LogP contribution in [-0.2, 0) is 11.3 Å². The highest BCUT2D eigenvalue weighted by molar-refractivity contribution is 7.99. The van der Waals surface area contributed by atoms with E-state index in [0.29, 0.717) is 51.0 Å². The summed E-state index contributed by atoms with van der Waals surface area (Å²) >= 11 is 14.9. The zero-order valence-corrected chi connectivity index (χ0v) is 23.2. The Morgan fingerprint density at radius 1 is 1.11 bits per heavy atom. The van der Waals surface area contributed by atoms with Crippen molar-refractivity contribution >= 4 is 64.2 Å². The van der Waals surface area contributed by atoms with E-state index in [1.807, 2.05) is 17.7 Å². The number of rotatable bonds is 12. The summed E-state index contributed by atoms with van der Waals surface area (Å²) in [5.74, 6) is 1.88. The molecule has 0 radical (unpaired) electrons. The van der Waals surface area contributed by atoms with Crippen LogP contribution < -0.4 is 15.4 Å². The lowest BCUT2D eigenvalue weighted by Crippen LogP contribution is -2.31. The van der Waals surface area contributed by atoms with Crippen molar-refractivity contribution in [3.8, 4) is 5.75 Å². The third-order valence-corrected chi connectivity index (χ3v) is 7.53. The van der Waals surface area contributed by atoms with E-state index in [4.69, 9.17) is 27.9 Å². The summed E-state index contributed by atoms with van der Waals surface area (Å²) in [6.45, 7) is 2.57. The Kier molecular flexibility index (Phi) is 10.8. The second-order valence-corrected chi connectivity index (χ2v) is 10.3. The van der Waals surface area contributed by atoms with Crippen LogP contribution in [0, 0.1) is 0 Å². The number of aromatic nitrogens is 3. The zero-order chi connectivity index (χ0) is 26.1. The molecule has 3 rings (SSSR count). The first-order valence-electron chi connectivity index (χ1n) is 11.1. The highest BCUT2D eigenvalue weighted by atomic mass is 35.5. The molecule has 0 saturated heterocycles. The molecule has 1 atom stereocenters. The number of carbonyl (C=O) groups is 2. The molecule has 8 nitrogen and oxygen atoms in total. The number of ether oxygens (including phenoxy) is 1. The number of methoxy groups -OCH3 is 1. The molecule has 3 aromatic rings. The van der Waals surface area contributed by atoms with Gasteiger partial charge in [0.1, 0.15) is 5.75 Å². The van der Waals surface area contributed by atoms with E-state index in [0.717, 1.165) is 5.75 Å². The van der Waals surface area contributed by atoms with Gasteiger partial charge in [-0.3, -0.25) is 9.59 Å². The molecule has 12 heteroatoms. The van der Waals surface area contributed by atoms with Crippen molar-refractivity contribution in [2.45, 2.75) is 31.1 Å². The summed E-state index contributed by atoms with van der Waals surface area (Å²) in [7, 11) is 1.58. The van der Waals surface area contributed by atoms with E-state index < -0.39 is 0 Å². The van der Waals surface area contributed by atoms with Crippen LogP contribution in [0.15, 0.2) is 47.6 Å². The predicted molar refractivity (Wildman–Crippen MR) is 148 cm³/mol. The van der Waals surface area contributed by atoms with Crippen molar-refractivity contribution in [1.29, 1.82) is 0 Å². The first kappa shape index (κ1) is 28.2. The van der Waals surface area contributed by atoms with E-state index in [2.05, 4.69) is 20.8 Å². The van der Waals surface area contributed by atoms with E-state index in [9.17, 15) is 9.59 Å². The van der Waals surface area contributed by atoms with Gasteiger partial charge in [0.15, 0.2) is 11.0 Å². The number of anilines is 1. The fraction of sp³-hybridized carbons (Fsp3) is 0.333. The minimum Gasteiger partial charge on any atom is -0.497 e. The van der Waals surface area contributed by atoms with Gasteiger partial charge in [0.05, 0.1) is 28.9 Å². The first-order valence-corrected chi connectivity index (χ1v) is 14.2. The number of carbonyl (C=O) groups excluding carboxylic acids is 2. The van der Waals surface area contributed by atoms with Crippen LogP contribution in [0.5, 0.6) is 5.75 Å². The average molecular weight is 569 g/mol. The van der Waals surface area contributed by atoms with Crippen LogP contribution in [0.25, 0.3) is 0 Å². The van der Waals surface area contributed by atoms with Crippen molar-refractivity contribution < 1.29 is 14.3 Å². The third kappa shape index (κ3) is 7.55. The summed E-state index contributed by atoms with van der Waals surface area (Å²) in [6, 6.07) is 11.5. The maximum Gasteiger partial charge on any atom is 0.251 e. The molecule has 2 aromatic carbocycles. The van der Waals surface area contributed by atoms with Crippen LogP contribution in [0.2, 0.25) is 10.0 Å². The number of nitrogens with one attached hydrogen (secondary N) is 2. The summed E-state index contributed by atoms with van der Waals surface area (Å²) in [6.07, 6.45) is 2.70. The second kappa shape index (κ2) is 13.8. The van der Waals surface area contributed by atoms with Gasteiger partial charge in [-0.25, -0.2) is 0 Å². The van der Waals surface area contributed by atoms with Gasteiger partial charge >= 0.3 is 0 Å². The van der Waals surface area contributed by atoms with Gasteiger partial charge in [-0.15, -0.1) is 10.2 Å². The van der Waals surface area contributed by atoms with E-state index in [1.54, 1.807) is 61.3 Å². The quantitative estimate of drug-likeness (QED) is 0.276. The number of nitrogens with zero attached hydrogens (tertiary/aromatic N) is 3. The zero-order valence-electron chi connectivity index (χ0n) is 20.1. The van der Waals surface area contributed by atoms with Crippen LogP contribution in [0.4, 0.5) is 5.69 Å². The lowest BCUT2D eigenvalue weighted by molar-refractivity contribution is -0.113. The highest BCUT2D eigenvalue weighted by Gasteiger charge is 2.23. The summed E-state index contributed by atoms with van der Waals surface area (Å²) in [5.41, 5.74) is 1.09. The van der Waals surface area contributed by atoms with Crippen molar-refractivity contribution in [3.05, 3.63) is 63.9 Å². The minimum atomic E-state index is -0.334. The Bertz CT molecular complexity index is 1190. The molecule has 192 valence electrons. The van der Waals surface area contributed by atoms with Crippen molar-refractivity contribution in [2.24, 2.45) is 0 Å². The standard InChI is InChI=1S/C24H27Cl2N5O3S2/c1-4-31-22(20(11-12-35-3)28-23(33)15-5-8-17(34-2)9-6-15)29-30-24(31)36-14-21(32)27-16-7-10-18(25)19(26)13-16/h5-10,13,20H,4,11-12,14H2,1-3H3,(H,27,32)(H,28,33)/t20-/m1/s1. The lowest BCUT2D eigenvalue weighted by atomic mass is 10.1. The maximum absolute atomic E-state index is 12.9. The number of hydrogen-bond acceptors (Lipinski definition) is 7. The monoisotopic (exact) mass is 567 g/mol. The van der Waals surface area contributed by atoms with Gasteiger partial charge in [-0.05, 0) is 67.8 Å². The molecule has 0 aliphatic heterocycles. The van der Waals surface area contributed by atoms with Crippen molar-refractivity contribution in [1.82, 2.24) is 20.1 Å². The second-order valence-electron chi connectivity index (χ2n) is 7.59. The lowest BCUT2D eigenvalue weighted by Gasteiger charge is -2.19. The van der Waals surface area contributed by atoms with Crippen LogP contribution in [0.3, 0.4) is 0 Å². The normalized spacial score (nSPS) is 11.7. The molecule has 1 heterocycles. The third-order valence-electron chi connectivity index (χ3n) is 5.18. The molecule has 0 unspecified atom stereocenters. The molecule has 0 spiro atoms. The Balaban J connectivity index is 1.70. The van der Waals surface area contributed by atoms with E-state index in [1.165, 1.54) is 11.8 Å². The molecule has 1 aromatic heterocycles. The molecule has 0 saturated carbocycles. The molecule has 0 aliphatic rings. The van der Waals surface area contributed by atoms with Crippen LogP contribution >= 0.6 is 46.7 Å². The molecule has 2 amide bonds. The van der Waals surface area contributed by atoms with Gasteiger partial charge in [0.25, 0.3) is 5.91 Å². The topological polar surface area (TPSA) is 98.1 Å². The number of halogens is 2. The van der Waals surface area contributed by atoms with Gasteiger partial charge in [-0.1, -0.05) is 35.0 Å². The largest absolute Gasteiger partial charge is 0.497 e. The summed E-state index contributed by atoms with van der Waals surface area (Å²) < 4.78 is 7.10. The van der Waals surface area contributed by atoms with Crippen LogP contribution in [0.1, 0.15) is 35.6 Å². The predicted octanol–water partition coefficient (Wildman–Crippen LogP) is 5.57. The van der Waals surface area contributed by atoms with Gasteiger partial charge in [0, 0.05) is 17.8 Å². The van der Waals surface area contributed by atoms with E-state index in [-0.39, 0.29) is 23.6 Å². The first-order chi connectivity index (χ1) is 17.4. The Morgan fingerprint density at radius 2 is 1.86 bits per heavy atom. The summed E-state index contributed by atoms with van der Waals surface area (Å²) in [4.78, 5) is 25.4. The van der Waals surface area contributed by atoms with Crippen molar-refractivity contribution in [3.63, 3.8) is 0 Å². The molecule has 0 aliphatic carbocycles. The van der Waals surface area contributed by atoms with Crippen LogP contribution in [-0.4, -0.2) is 51.5 Å². The fourth-order valence-corrected chi connectivity index (χ4v) is 4.93. The molecule has 2 N–H and O–H groups in total. The number of benzene rings is 2. The molecule has 0 bridgehead atoms. The van der Waals surface area contributed by atoms with E-state index >= 15 is 0 Å². The Labute approximate surface area is 228 Å². The highest BCUT2D eigenvalue weighted by Crippen LogP contribution is 2.26. The number of hydrogen-bond donors (Lipinski definition) is 2. The number of thioether (sulfide) groups is 2. The molecule has 36 heavy (non-hydrogen) atoms. The Hall–Kier alpha value is -2.40. The minimum absolute atomic E-state index is 0.131.